The maximum atomic E-state index is 11.9. The Morgan fingerprint density at radius 1 is 1.18 bits per heavy atom. The molecule has 0 aromatic heterocycles. The fraction of sp³-hybridized carbons (Fsp3) is 0.929. The van der Waals surface area contributed by atoms with Crippen molar-refractivity contribution in [3.63, 3.8) is 0 Å². The molecule has 1 rings (SSSR count). The van der Waals surface area contributed by atoms with E-state index in [0.717, 1.165) is 0 Å². The molecule has 1 heterocycles. The molecular formula is C14H25F3N2O3. The molecule has 1 amide bonds. The van der Waals surface area contributed by atoms with Gasteiger partial charge in [0.25, 0.3) is 0 Å². The van der Waals surface area contributed by atoms with Crippen molar-refractivity contribution in [2.24, 2.45) is 5.41 Å². The zero-order valence-electron chi connectivity index (χ0n) is 13.3. The number of aliphatic hydroxyl groups is 1. The van der Waals surface area contributed by atoms with Crippen molar-refractivity contribution in [2.75, 3.05) is 45.9 Å². The normalized spacial score (nSPS) is 19.3. The molecule has 0 aromatic carbocycles. The highest BCUT2D eigenvalue weighted by Crippen LogP contribution is 2.20. The first-order valence-corrected chi connectivity index (χ1v) is 7.32. The van der Waals surface area contributed by atoms with Crippen molar-refractivity contribution < 1.29 is 27.8 Å². The summed E-state index contributed by atoms with van der Waals surface area (Å²) in [4.78, 5) is 15.3. The number of aliphatic hydroxyl groups excluding tert-OH is 1. The fourth-order valence-corrected chi connectivity index (χ4v) is 2.04. The topological polar surface area (TPSA) is 53.0 Å². The van der Waals surface area contributed by atoms with E-state index in [4.69, 9.17) is 0 Å². The van der Waals surface area contributed by atoms with Crippen LogP contribution >= 0.6 is 0 Å². The largest absolute Gasteiger partial charge is 0.411 e. The molecule has 1 unspecified atom stereocenters. The Bertz CT molecular complexity index is 361. The molecule has 1 aliphatic heterocycles. The minimum Gasteiger partial charge on any atom is -0.391 e. The number of piperazine rings is 1. The molecule has 1 N–H and O–H groups in total. The fourth-order valence-electron chi connectivity index (χ4n) is 2.04. The number of carbonyl (C=O) groups excluding carboxylic acids is 1. The Balaban J connectivity index is 2.28. The van der Waals surface area contributed by atoms with E-state index < -0.39 is 31.4 Å². The quantitative estimate of drug-likeness (QED) is 0.822. The number of amides is 1. The molecule has 1 atom stereocenters. The highest BCUT2D eigenvalue weighted by Gasteiger charge is 2.30. The van der Waals surface area contributed by atoms with Gasteiger partial charge in [-0.2, -0.15) is 13.2 Å². The van der Waals surface area contributed by atoms with Crippen molar-refractivity contribution in [3.05, 3.63) is 0 Å². The van der Waals surface area contributed by atoms with Crippen molar-refractivity contribution >= 4 is 5.91 Å². The van der Waals surface area contributed by atoms with Crippen LogP contribution in [0.1, 0.15) is 20.8 Å². The Morgan fingerprint density at radius 2 is 1.73 bits per heavy atom. The van der Waals surface area contributed by atoms with E-state index in [1.807, 2.05) is 20.8 Å². The Labute approximate surface area is 129 Å². The molecule has 5 nitrogen and oxygen atoms in total. The molecule has 0 spiro atoms. The van der Waals surface area contributed by atoms with E-state index in [2.05, 4.69) is 9.64 Å². The highest BCUT2D eigenvalue weighted by molar-refractivity contribution is 5.77. The number of halogens is 3. The summed E-state index contributed by atoms with van der Waals surface area (Å²) in [6.45, 7) is 6.49. The summed E-state index contributed by atoms with van der Waals surface area (Å²) in [6, 6.07) is 0. The average molecular weight is 326 g/mol. The molecular weight excluding hydrogens is 301 g/mol. The molecule has 22 heavy (non-hydrogen) atoms. The second-order valence-electron chi connectivity index (χ2n) is 6.67. The molecule has 1 aliphatic rings. The van der Waals surface area contributed by atoms with Crippen LogP contribution in [0.25, 0.3) is 0 Å². The number of hydrogen-bond donors (Lipinski definition) is 1. The molecule has 1 saturated heterocycles. The number of alkyl halides is 3. The van der Waals surface area contributed by atoms with Crippen molar-refractivity contribution in [2.45, 2.75) is 33.1 Å². The van der Waals surface area contributed by atoms with Crippen molar-refractivity contribution in [1.29, 1.82) is 0 Å². The van der Waals surface area contributed by atoms with Crippen LogP contribution in [-0.2, 0) is 9.53 Å². The lowest BCUT2D eigenvalue weighted by Crippen LogP contribution is -2.52. The first-order chi connectivity index (χ1) is 9.99. The number of carbonyl (C=O) groups is 1. The van der Waals surface area contributed by atoms with Crippen LogP contribution in [-0.4, -0.2) is 79.0 Å². The summed E-state index contributed by atoms with van der Waals surface area (Å²) in [5.41, 5.74) is -0.210. The Morgan fingerprint density at radius 3 is 2.18 bits per heavy atom. The van der Waals surface area contributed by atoms with E-state index >= 15 is 0 Å². The number of hydrogen-bond acceptors (Lipinski definition) is 4. The van der Waals surface area contributed by atoms with E-state index in [0.29, 0.717) is 32.7 Å². The predicted octanol–water partition coefficient (Wildman–Crippen LogP) is 1.12. The smallest absolute Gasteiger partial charge is 0.391 e. The standard InChI is InChI=1S/C14H25F3N2O3/c1-13(2,3)11(20)8-18-4-6-19(7-5-18)12(21)9-22-10-14(15,16)17/h11,20H,4-10H2,1-3H3. The van der Waals surface area contributed by atoms with E-state index in [1.165, 1.54) is 4.90 Å². The van der Waals surface area contributed by atoms with Gasteiger partial charge in [-0.1, -0.05) is 20.8 Å². The third-order valence-electron chi connectivity index (χ3n) is 3.65. The molecule has 0 bridgehead atoms. The number of rotatable bonds is 5. The summed E-state index contributed by atoms with van der Waals surface area (Å²) >= 11 is 0. The van der Waals surface area contributed by atoms with Gasteiger partial charge in [0.05, 0.1) is 6.10 Å². The van der Waals surface area contributed by atoms with E-state index in [1.54, 1.807) is 0 Å². The van der Waals surface area contributed by atoms with Gasteiger partial charge in [0.15, 0.2) is 0 Å². The van der Waals surface area contributed by atoms with Gasteiger partial charge in [-0.05, 0) is 5.41 Å². The zero-order chi connectivity index (χ0) is 17.0. The second-order valence-corrected chi connectivity index (χ2v) is 6.67. The minimum absolute atomic E-state index is 0.210. The first-order valence-electron chi connectivity index (χ1n) is 7.32. The number of ether oxygens (including phenoxy) is 1. The van der Waals surface area contributed by atoms with Crippen molar-refractivity contribution in [3.8, 4) is 0 Å². The van der Waals surface area contributed by atoms with E-state index in [9.17, 15) is 23.1 Å². The van der Waals surface area contributed by atoms with Gasteiger partial charge in [-0.25, -0.2) is 0 Å². The third-order valence-corrected chi connectivity index (χ3v) is 3.65. The van der Waals surface area contributed by atoms with Gasteiger partial charge in [0.2, 0.25) is 5.91 Å². The van der Waals surface area contributed by atoms with Crippen molar-refractivity contribution in [1.82, 2.24) is 9.80 Å². The average Bonchev–Trinajstić information content (AvgIpc) is 2.36. The van der Waals surface area contributed by atoms with Crippen LogP contribution in [0.5, 0.6) is 0 Å². The summed E-state index contributed by atoms with van der Waals surface area (Å²) in [5.74, 6) is -0.430. The summed E-state index contributed by atoms with van der Waals surface area (Å²) in [5, 5.41) is 10.1. The van der Waals surface area contributed by atoms with Gasteiger partial charge in [0, 0.05) is 32.7 Å². The van der Waals surface area contributed by atoms with Crippen LogP contribution < -0.4 is 0 Å². The van der Waals surface area contributed by atoms with Crippen LogP contribution in [0.3, 0.4) is 0 Å². The van der Waals surface area contributed by atoms with Gasteiger partial charge in [-0.3, -0.25) is 9.69 Å². The van der Waals surface area contributed by atoms with Crippen LogP contribution in [0.15, 0.2) is 0 Å². The predicted molar refractivity (Wildman–Crippen MR) is 75.4 cm³/mol. The maximum absolute atomic E-state index is 11.9. The third kappa shape index (κ3) is 6.93. The Kier molecular flexibility index (Phi) is 6.64. The number of nitrogens with zero attached hydrogens (tertiary/aromatic N) is 2. The summed E-state index contributed by atoms with van der Waals surface area (Å²) in [7, 11) is 0. The monoisotopic (exact) mass is 326 g/mol. The summed E-state index contributed by atoms with van der Waals surface area (Å²) in [6.07, 6.45) is -4.88. The molecule has 0 aromatic rings. The van der Waals surface area contributed by atoms with Gasteiger partial charge in [-0.15, -0.1) is 0 Å². The van der Waals surface area contributed by atoms with Gasteiger partial charge < -0.3 is 14.7 Å². The van der Waals surface area contributed by atoms with Crippen LogP contribution in [0.4, 0.5) is 13.2 Å². The van der Waals surface area contributed by atoms with E-state index in [-0.39, 0.29) is 5.41 Å². The van der Waals surface area contributed by atoms with Crippen LogP contribution in [0, 0.1) is 5.41 Å². The molecule has 130 valence electrons. The lowest BCUT2D eigenvalue weighted by Gasteiger charge is -2.38. The minimum atomic E-state index is -4.41. The highest BCUT2D eigenvalue weighted by atomic mass is 19.4. The summed E-state index contributed by atoms with van der Waals surface area (Å²) < 4.78 is 40.2. The molecule has 1 fully saturated rings. The lowest BCUT2D eigenvalue weighted by atomic mass is 9.89. The Hall–Kier alpha value is -0.860. The lowest BCUT2D eigenvalue weighted by molar-refractivity contribution is -0.178. The molecule has 0 radical (unpaired) electrons. The number of β-amino-alcohol motifs (C(OH)–C–C–N with tert-alkyl or cyclic N) is 1. The molecule has 0 aliphatic carbocycles. The zero-order valence-corrected chi connectivity index (χ0v) is 13.3. The molecule has 0 saturated carbocycles. The second kappa shape index (κ2) is 7.61. The molecule has 8 heteroatoms. The SMILES string of the molecule is CC(C)(C)C(O)CN1CCN(C(=O)COCC(F)(F)F)CC1. The maximum Gasteiger partial charge on any atom is 0.411 e. The van der Waals surface area contributed by atoms with Gasteiger partial charge >= 0.3 is 6.18 Å². The van der Waals surface area contributed by atoms with Gasteiger partial charge in [0.1, 0.15) is 13.2 Å². The van der Waals surface area contributed by atoms with Crippen LogP contribution in [0.2, 0.25) is 0 Å². The first kappa shape index (κ1) is 19.2.